The molecular formula is C25H25Cl2N3O3S. The van der Waals surface area contributed by atoms with Gasteiger partial charge in [0, 0.05) is 27.2 Å². The Hall–Kier alpha value is -2.74. The predicted octanol–water partition coefficient (Wildman–Crippen LogP) is 6.98. The molecule has 34 heavy (non-hydrogen) atoms. The second kappa shape index (κ2) is 10.7. The number of ether oxygens (including phenoxy) is 1. The SMILES string of the molecule is CCC(C)NC(=O)c1cc(-c2csc(COc3cc(Cl)cc(Cl)c3)n2)n(Cc2ccco2)c1C. The van der Waals surface area contributed by atoms with Crippen LogP contribution in [0.5, 0.6) is 5.75 Å². The van der Waals surface area contributed by atoms with Crippen LogP contribution in [0.15, 0.2) is 52.5 Å². The van der Waals surface area contributed by atoms with Gasteiger partial charge in [-0.05, 0) is 56.7 Å². The third-order valence-corrected chi connectivity index (χ3v) is 6.77. The smallest absolute Gasteiger partial charge is 0.253 e. The first-order chi connectivity index (χ1) is 16.3. The second-order valence-electron chi connectivity index (χ2n) is 8.00. The fraction of sp³-hybridized carbons (Fsp3) is 0.280. The quantitative estimate of drug-likeness (QED) is 0.260. The van der Waals surface area contributed by atoms with Crippen molar-refractivity contribution >= 4 is 40.4 Å². The van der Waals surface area contributed by atoms with Crippen LogP contribution in [0.2, 0.25) is 10.0 Å². The molecular weight excluding hydrogens is 493 g/mol. The number of nitrogens with zero attached hydrogens (tertiary/aromatic N) is 2. The molecule has 1 N–H and O–H groups in total. The van der Waals surface area contributed by atoms with Crippen LogP contribution in [-0.2, 0) is 13.2 Å². The molecule has 1 aromatic carbocycles. The number of rotatable bonds is 9. The Balaban J connectivity index is 1.61. The first-order valence-electron chi connectivity index (χ1n) is 10.9. The normalized spacial score (nSPS) is 12.0. The zero-order valence-corrected chi connectivity index (χ0v) is 21.4. The molecule has 1 atom stereocenters. The van der Waals surface area contributed by atoms with Gasteiger partial charge in [-0.3, -0.25) is 4.79 Å². The van der Waals surface area contributed by atoms with E-state index in [1.54, 1.807) is 24.5 Å². The molecule has 0 spiro atoms. The number of hydrogen-bond acceptors (Lipinski definition) is 5. The Labute approximate surface area is 212 Å². The molecule has 3 aromatic heterocycles. The van der Waals surface area contributed by atoms with Crippen LogP contribution < -0.4 is 10.1 Å². The van der Waals surface area contributed by atoms with E-state index >= 15 is 0 Å². The van der Waals surface area contributed by atoms with E-state index in [4.69, 9.17) is 37.3 Å². The number of halogens is 2. The minimum Gasteiger partial charge on any atom is -0.486 e. The zero-order valence-electron chi connectivity index (χ0n) is 19.1. The molecule has 0 bridgehead atoms. The molecule has 3 heterocycles. The Kier molecular flexibility index (Phi) is 7.66. The Morgan fingerprint density at radius 2 is 2.03 bits per heavy atom. The van der Waals surface area contributed by atoms with E-state index in [0.717, 1.165) is 34.3 Å². The fourth-order valence-electron chi connectivity index (χ4n) is 3.50. The van der Waals surface area contributed by atoms with E-state index in [1.165, 1.54) is 11.3 Å². The van der Waals surface area contributed by atoms with Crippen molar-refractivity contribution in [2.45, 2.75) is 46.4 Å². The van der Waals surface area contributed by atoms with Crippen LogP contribution in [0.25, 0.3) is 11.4 Å². The van der Waals surface area contributed by atoms with Gasteiger partial charge in [0.1, 0.15) is 23.1 Å². The van der Waals surface area contributed by atoms with Gasteiger partial charge >= 0.3 is 0 Å². The number of amides is 1. The van der Waals surface area contributed by atoms with Gasteiger partial charge in [0.05, 0.1) is 29.8 Å². The number of aromatic nitrogens is 2. The van der Waals surface area contributed by atoms with Gasteiger partial charge in [0.2, 0.25) is 0 Å². The average molecular weight is 518 g/mol. The summed E-state index contributed by atoms with van der Waals surface area (Å²) < 4.78 is 13.5. The number of nitrogens with one attached hydrogen (secondary N) is 1. The summed E-state index contributed by atoms with van der Waals surface area (Å²) in [6, 6.07) is 10.8. The molecule has 4 rings (SSSR count). The van der Waals surface area contributed by atoms with Gasteiger partial charge in [-0.2, -0.15) is 0 Å². The van der Waals surface area contributed by atoms with E-state index in [-0.39, 0.29) is 18.6 Å². The molecule has 178 valence electrons. The van der Waals surface area contributed by atoms with E-state index < -0.39 is 0 Å². The summed E-state index contributed by atoms with van der Waals surface area (Å²) in [5.41, 5.74) is 3.09. The van der Waals surface area contributed by atoms with Crippen molar-refractivity contribution in [3.63, 3.8) is 0 Å². The summed E-state index contributed by atoms with van der Waals surface area (Å²) in [5.74, 6) is 1.28. The van der Waals surface area contributed by atoms with Crippen molar-refractivity contribution in [3.05, 3.63) is 80.1 Å². The molecule has 0 radical (unpaired) electrons. The number of benzene rings is 1. The predicted molar refractivity (Wildman–Crippen MR) is 136 cm³/mol. The highest BCUT2D eigenvalue weighted by Gasteiger charge is 2.21. The highest BCUT2D eigenvalue weighted by molar-refractivity contribution is 7.09. The largest absolute Gasteiger partial charge is 0.486 e. The van der Waals surface area contributed by atoms with Crippen LogP contribution in [0.1, 0.15) is 47.1 Å². The van der Waals surface area contributed by atoms with Crippen molar-refractivity contribution in [2.75, 3.05) is 0 Å². The maximum absolute atomic E-state index is 12.9. The van der Waals surface area contributed by atoms with Crippen molar-refractivity contribution in [1.82, 2.24) is 14.9 Å². The second-order valence-corrected chi connectivity index (χ2v) is 9.81. The zero-order chi connectivity index (χ0) is 24.2. The Bertz CT molecular complexity index is 1260. The number of furan rings is 1. The summed E-state index contributed by atoms with van der Waals surface area (Å²) in [6.45, 7) is 6.75. The highest BCUT2D eigenvalue weighted by Crippen LogP contribution is 2.30. The maximum Gasteiger partial charge on any atom is 0.253 e. The molecule has 0 aliphatic heterocycles. The van der Waals surface area contributed by atoms with Crippen LogP contribution in [0, 0.1) is 6.92 Å². The summed E-state index contributed by atoms with van der Waals surface area (Å²) in [6.07, 6.45) is 2.50. The van der Waals surface area contributed by atoms with Gasteiger partial charge in [0.25, 0.3) is 5.91 Å². The number of carbonyl (C=O) groups excluding carboxylic acids is 1. The number of thiazole rings is 1. The third kappa shape index (κ3) is 5.66. The summed E-state index contributed by atoms with van der Waals surface area (Å²) >= 11 is 13.6. The molecule has 0 aliphatic rings. The van der Waals surface area contributed by atoms with Crippen molar-refractivity contribution in [1.29, 1.82) is 0 Å². The lowest BCUT2D eigenvalue weighted by molar-refractivity contribution is 0.0938. The Morgan fingerprint density at radius 3 is 2.71 bits per heavy atom. The molecule has 6 nitrogen and oxygen atoms in total. The summed E-state index contributed by atoms with van der Waals surface area (Å²) in [4.78, 5) is 17.7. The maximum atomic E-state index is 12.9. The van der Waals surface area contributed by atoms with Gasteiger partial charge in [-0.1, -0.05) is 30.1 Å². The lowest BCUT2D eigenvalue weighted by Gasteiger charge is -2.12. The van der Waals surface area contributed by atoms with Crippen molar-refractivity contribution in [3.8, 4) is 17.1 Å². The van der Waals surface area contributed by atoms with E-state index in [2.05, 4.69) is 9.88 Å². The summed E-state index contributed by atoms with van der Waals surface area (Å²) in [7, 11) is 0. The Morgan fingerprint density at radius 1 is 1.26 bits per heavy atom. The molecule has 1 amide bonds. The molecule has 9 heteroatoms. The van der Waals surface area contributed by atoms with Crippen LogP contribution in [0.4, 0.5) is 0 Å². The molecule has 0 aliphatic carbocycles. The molecule has 0 saturated carbocycles. The molecule has 1 unspecified atom stereocenters. The standard InChI is InChI=1S/C25H25Cl2N3O3S/c1-4-15(2)28-25(31)21-11-23(30(16(21)3)12-19-6-5-7-32-19)22-14-34-24(29-22)13-33-20-9-17(26)8-18(27)10-20/h5-11,14-15H,4,12-13H2,1-3H3,(H,28,31). The molecule has 4 aromatic rings. The average Bonchev–Trinajstić information content (AvgIpc) is 3.53. The van der Waals surface area contributed by atoms with Gasteiger partial charge < -0.3 is 19.0 Å². The van der Waals surface area contributed by atoms with E-state index in [9.17, 15) is 4.79 Å². The third-order valence-electron chi connectivity index (χ3n) is 5.51. The first kappa shape index (κ1) is 24.4. The lowest BCUT2D eigenvalue weighted by atomic mass is 10.2. The highest BCUT2D eigenvalue weighted by atomic mass is 35.5. The molecule has 0 saturated heterocycles. The summed E-state index contributed by atoms with van der Waals surface area (Å²) in [5, 5.41) is 6.83. The number of carbonyl (C=O) groups is 1. The van der Waals surface area contributed by atoms with Crippen molar-refractivity contribution in [2.24, 2.45) is 0 Å². The van der Waals surface area contributed by atoms with Gasteiger partial charge in [0.15, 0.2) is 0 Å². The minimum atomic E-state index is -0.0945. The van der Waals surface area contributed by atoms with Gasteiger partial charge in [-0.15, -0.1) is 11.3 Å². The lowest BCUT2D eigenvalue weighted by Crippen LogP contribution is -2.32. The van der Waals surface area contributed by atoms with Crippen LogP contribution in [0.3, 0.4) is 0 Å². The van der Waals surface area contributed by atoms with E-state index in [1.807, 2.05) is 44.4 Å². The van der Waals surface area contributed by atoms with E-state index in [0.29, 0.717) is 27.9 Å². The number of hydrogen-bond donors (Lipinski definition) is 1. The first-order valence-corrected chi connectivity index (χ1v) is 12.5. The van der Waals surface area contributed by atoms with Gasteiger partial charge in [-0.25, -0.2) is 4.98 Å². The van der Waals surface area contributed by atoms with Crippen molar-refractivity contribution < 1.29 is 13.9 Å². The minimum absolute atomic E-state index is 0.0896. The monoisotopic (exact) mass is 517 g/mol. The van der Waals surface area contributed by atoms with Crippen LogP contribution >= 0.6 is 34.5 Å². The topological polar surface area (TPSA) is 69.3 Å². The van der Waals surface area contributed by atoms with Crippen LogP contribution in [-0.4, -0.2) is 21.5 Å². The molecule has 0 fully saturated rings. The fourth-order valence-corrected chi connectivity index (χ4v) is 4.71.